The van der Waals surface area contributed by atoms with Crippen LogP contribution < -0.4 is 10.9 Å². The van der Waals surface area contributed by atoms with Crippen molar-refractivity contribution in [3.05, 3.63) is 56.4 Å². The molecular formula is C19H17N5OS3. The largest absolute Gasteiger partial charge is 0.330 e. The number of benzene rings is 1. The first-order valence-electron chi connectivity index (χ1n) is 9.00. The highest BCUT2D eigenvalue weighted by atomic mass is 32.2. The van der Waals surface area contributed by atoms with Crippen molar-refractivity contribution in [3.8, 4) is 0 Å². The average molecular weight is 428 g/mol. The monoisotopic (exact) mass is 427 g/mol. The van der Waals surface area contributed by atoms with Gasteiger partial charge in [0.2, 0.25) is 5.13 Å². The zero-order valence-electron chi connectivity index (χ0n) is 15.1. The summed E-state index contributed by atoms with van der Waals surface area (Å²) in [7, 11) is 0. The van der Waals surface area contributed by atoms with E-state index in [1.807, 2.05) is 18.2 Å². The van der Waals surface area contributed by atoms with E-state index in [1.165, 1.54) is 33.5 Å². The molecule has 0 atom stereocenters. The number of para-hydroxylation sites is 1. The fourth-order valence-corrected chi connectivity index (χ4v) is 6.31. The predicted molar refractivity (Wildman–Crippen MR) is 116 cm³/mol. The third-order valence-electron chi connectivity index (χ3n) is 4.75. The van der Waals surface area contributed by atoms with Crippen LogP contribution in [0, 0.1) is 6.92 Å². The molecule has 142 valence electrons. The molecule has 5 rings (SSSR count). The van der Waals surface area contributed by atoms with Crippen molar-refractivity contribution in [1.82, 2.24) is 20.2 Å². The Morgan fingerprint density at radius 3 is 3.00 bits per heavy atom. The summed E-state index contributed by atoms with van der Waals surface area (Å²) in [6.07, 6.45) is 3.21. The molecule has 4 aromatic rings. The smallest absolute Gasteiger partial charge is 0.259 e. The summed E-state index contributed by atoms with van der Waals surface area (Å²) in [5.41, 5.74) is 3.38. The van der Waals surface area contributed by atoms with Gasteiger partial charge in [-0.25, -0.2) is 4.98 Å². The van der Waals surface area contributed by atoms with Crippen molar-refractivity contribution in [2.24, 2.45) is 0 Å². The Kier molecular flexibility index (Phi) is 4.65. The van der Waals surface area contributed by atoms with E-state index in [0.29, 0.717) is 11.6 Å². The number of thiophene rings is 1. The van der Waals surface area contributed by atoms with E-state index in [9.17, 15) is 4.79 Å². The molecule has 1 aliphatic carbocycles. The first-order valence-corrected chi connectivity index (χ1v) is 11.6. The van der Waals surface area contributed by atoms with E-state index in [-0.39, 0.29) is 5.56 Å². The van der Waals surface area contributed by atoms with Gasteiger partial charge >= 0.3 is 0 Å². The minimum atomic E-state index is -0.0147. The number of aryl methyl sites for hydroxylation is 3. The van der Waals surface area contributed by atoms with Crippen molar-refractivity contribution in [1.29, 1.82) is 0 Å². The number of aromatic amines is 1. The molecule has 28 heavy (non-hydrogen) atoms. The second-order valence-corrected chi connectivity index (χ2v) is 9.94. The van der Waals surface area contributed by atoms with Gasteiger partial charge in [-0.05, 0) is 43.4 Å². The first kappa shape index (κ1) is 17.8. The summed E-state index contributed by atoms with van der Waals surface area (Å²) in [4.78, 5) is 22.4. The molecule has 0 spiro atoms. The molecule has 0 unspecified atom stereocenters. The van der Waals surface area contributed by atoms with Crippen LogP contribution in [0.5, 0.6) is 0 Å². The summed E-state index contributed by atoms with van der Waals surface area (Å²) in [5, 5.41) is 13.3. The van der Waals surface area contributed by atoms with Gasteiger partial charge in [-0.1, -0.05) is 41.3 Å². The van der Waals surface area contributed by atoms with E-state index in [4.69, 9.17) is 0 Å². The molecule has 0 saturated carbocycles. The van der Waals surface area contributed by atoms with Crippen LogP contribution in [0.1, 0.15) is 28.2 Å². The summed E-state index contributed by atoms with van der Waals surface area (Å²) in [6.45, 7) is 2.05. The molecule has 0 aliphatic heterocycles. The number of hydrogen-bond donors (Lipinski definition) is 2. The van der Waals surface area contributed by atoms with Crippen molar-refractivity contribution < 1.29 is 0 Å². The normalized spacial score (nSPS) is 13.2. The summed E-state index contributed by atoms with van der Waals surface area (Å²) in [6, 6.07) is 8.07. The number of H-pyrrole nitrogens is 1. The maximum Gasteiger partial charge on any atom is 0.259 e. The van der Waals surface area contributed by atoms with Crippen LogP contribution in [0.2, 0.25) is 0 Å². The number of anilines is 2. The maximum absolute atomic E-state index is 12.5. The number of rotatable bonds is 5. The van der Waals surface area contributed by atoms with Crippen molar-refractivity contribution in [3.63, 3.8) is 0 Å². The van der Waals surface area contributed by atoms with E-state index in [1.54, 1.807) is 11.3 Å². The van der Waals surface area contributed by atoms with Gasteiger partial charge in [-0.15, -0.1) is 21.5 Å². The lowest BCUT2D eigenvalue weighted by atomic mass is 10.2. The number of nitrogens with zero attached hydrogens (tertiary/aromatic N) is 3. The van der Waals surface area contributed by atoms with E-state index >= 15 is 0 Å². The van der Waals surface area contributed by atoms with Crippen LogP contribution in [0.3, 0.4) is 0 Å². The zero-order valence-corrected chi connectivity index (χ0v) is 17.6. The van der Waals surface area contributed by atoms with Gasteiger partial charge in [0.15, 0.2) is 4.34 Å². The lowest BCUT2D eigenvalue weighted by Gasteiger charge is -2.04. The molecule has 2 N–H and O–H groups in total. The molecule has 1 aliphatic rings. The van der Waals surface area contributed by atoms with Crippen LogP contribution in [0.4, 0.5) is 10.8 Å². The van der Waals surface area contributed by atoms with Crippen molar-refractivity contribution >= 4 is 55.5 Å². The molecule has 0 bridgehead atoms. The van der Waals surface area contributed by atoms with Gasteiger partial charge < -0.3 is 10.3 Å². The highest BCUT2D eigenvalue weighted by Gasteiger charge is 2.21. The predicted octanol–water partition coefficient (Wildman–Crippen LogP) is 4.67. The molecular weight excluding hydrogens is 410 g/mol. The first-order chi connectivity index (χ1) is 13.7. The standard InChI is InChI=1S/C19H17N5OS3/c1-10-5-2-3-7-12(10)20-18-23-24-19(28-18)26-9-14-21-16(25)15-11-6-4-8-13(11)27-17(15)22-14/h2-3,5,7H,4,6,8-9H2,1H3,(H,20,23)(H,21,22,25). The fraction of sp³-hybridized carbons (Fsp3) is 0.263. The minimum Gasteiger partial charge on any atom is -0.330 e. The Hall–Kier alpha value is -2.23. The molecule has 9 heteroatoms. The third kappa shape index (κ3) is 3.34. The van der Waals surface area contributed by atoms with Gasteiger partial charge in [-0.3, -0.25) is 4.79 Å². The Labute approximate surface area is 173 Å². The fourth-order valence-electron chi connectivity index (χ4n) is 3.39. The number of fused-ring (bicyclic) bond motifs is 3. The van der Waals surface area contributed by atoms with Gasteiger partial charge in [0.1, 0.15) is 10.7 Å². The van der Waals surface area contributed by atoms with Gasteiger partial charge in [0.25, 0.3) is 5.56 Å². The zero-order chi connectivity index (χ0) is 19.1. The van der Waals surface area contributed by atoms with Crippen molar-refractivity contribution in [2.75, 3.05) is 5.32 Å². The van der Waals surface area contributed by atoms with Crippen molar-refractivity contribution in [2.45, 2.75) is 36.3 Å². The average Bonchev–Trinajstić information content (AvgIpc) is 3.37. The van der Waals surface area contributed by atoms with Gasteiger partial charge in [-0.2, -0.15) is 0 Å². The van der Waals surface area contributed by atoms with Crippen LogP contribution >= 0.6 is 34.4 Å². The quantitative estimate of drug-likeness (QED) is 0.450. The topological polar surface area (TPSA) is 83.6 Å². The third-order valence-corrected chi connectivity index (χ3v) is 7.92. The highest BCUT2D eigenvalue weighted by molar-refractivity contribution is 8.00. The highest BCUT2D eigenvalue weighted by Crippen LogP contribution is 2.35. The molecule has 1 aromatic carbocycles. The number of aromatic nitrogens is 4. The molecule has 0 fully saturated rings. The molecule has 6 nitrogen and oxygen atoms in total. The molecule has 3 heterocycles. The lowest BCUT2D eigenvalue weighted by Crippen LogP contribution is -2.11. The summed E-state index contributed by atoms with van der Waals surface area (Å²) >= 11 is 4.70. The molecule has 0 saturated heterocycles. The number of hydrogen-bond acceptors (Lipinski definition) is 8. The summed E-state index contributed by atoms with van der Waals surface area (Å²) in [5.74, 6) is 1.25. The second kappa shape index (κ2) is 7.31. The van der Waals surface area contributed by atoms with Crippen LogP contribution in [-0.4, -0.2) is 20.2 Å². The Balaban J connectivity index is 1.31. The maximum atomic E-state index is 12.5. The number of thioether (sulfide) groups is 1. The SMILES string of the molecule is Cc1ccccc1Nc1nnc(SCc2nc3sc4c(c3c(=O)[nH]2)CCC4)s1. The van der Waals surface area contributed by atoms with E-state index < -0.39 is 0 Å². The van der Waals surface area contributed by atoms with Gasteiger partial charge in [0, 0.05) is 10.6 Å². The van der Waals surface area contributed by atoms with E-state index in [0.717, 1.165) is 50.2 Å². The van der Waals surface area contributed by atoms with Crippen LogP contribution in [-0.2, 0) is 18.6 Å². The Bertz CT molecular complexity index is 1230. The van der Waals surface area contributed by atoms with Crippen LogP contribution in [0.25, 0.3) is 10.2 Å². The molecule has 3 aromatic heterocycles. The minimum absolute atomic E-state index is 0.0147. The molecule has 0 radical (unpaired) electrons. The molecule has 0 amide bonds. The van der Waals surface area contributed by atoms with E-state index in [2.05, 4.69) is 38.5 Å². The second-order valence-electron chi connectivity index (χ2n) is 6.65. The van der Waals surface area contributed by atoms with Gasteiger partial charge in [0.05, 0.1) is 11.1 Å². The Morgan fingerprint density at radius 1 is 1.21 bits per heavy atom. The Morgan fingerprint density at radius 2 is 2.11 bits per heavy atom. The summed E-state index contributed by atoms with van der Waals surface area (Å²) < 4.78 is 0.840. The lowest BCUT2D eigenvalue weighted by molar-refractivity contribution is 0.916. The van der Waals surface area contributed by atoms with Crippen LogP contribution in [0.15, 0.2) is 33.4 Å². The number of nitrogens with one attached hydrogen (secondary N) is 2.